The van der Waals surface area contributed by atoms with Crippen LogP contribution in [-0.2, 0) is 6.54 Å². The van der Waals surface area contributed by atoms with Gasteiger partial charge in [-0.3, -0.25) is 14.9 Å². The zero-order valence-electron chi connectivity index (χ0n) is 10.6. The molecule has 0 spiro atoms. The van der Waals surface area contributed by atoms with Crippen LogP contribution in [0.4, 0.5) is 11.4 Å². The lowest BCUT2D eigenvalue weighted by Crippen LogP contribution is -2.23. The number of nitro benzene ring substituents is 1. The van der Waals surface area contributed by atoms with E-state index in [0.29, 0.717) is 5.69 Å². The highest BCUT2D eigenvalue weighted by molar-refractivity contribution is 7.11. The first kappa shape index (κ1) is 13.9. The summed E-state index contributed by atoms with van der Waals surface area (Å²) in [5.41, 5.74) is 5.54. The molecule has 20 heavy (non-hydrogen) atoms. The highest BCUT2D eigenvalue weighted by atomic mass is 32.1. The van der Waals surface area contributed by atoms with Gasteiger partial charge in [-0.25, -0.2) is 4.98 Å². The molecule has 0 unspecified atom stereocenters. The number of anilines is 1. The SMILES string of the molecule is Cc1cnc(CNC(=O)c2cc(N)ccc2[N+](=O)[O-])s1. The summed E-state index contributed by atoms with van der Waals surface area (Å²) in [7, 11) is 0. The Morgan fingerprint density at radius 2 is 2.30 bits per heavy atom. The Morgan fingerprint density at radius 1 is 1.55 bits per heavy atom. The van der Waals surface area contributed by atoms with E-state index >= 15 is 0 Å². The Hall–Kier alpha value is -2.48. The molecule has 104 valence electrons. The van der Waals surface area contributed by atoms with Gasteiger partial charge >= 0.3 is 0 Å². The van der Waals surface area contributed by atoms with Gasteiger partial charge in [-0.05, 0) is 19.1 Å². The summed E-state index contributed by atoms with van der Waals surface area (Å²) in [5.74, 6) is -0.545. The molecule has 1 aromatic heterocycles. The molecule has 0 fully saturated rings. The van der Waals surface area contributed by atoms with Crippen LogP contribution in [0.25, 0.3) is 0 Å². The smallest absolute Gasteiger partial charge is 0.282 e. The predicted octanol–water partition coefficient (Wildman–Crippen LogP) is 1.87. The molecule has 2 rings (SSSR count). The fourth-order valence-corrected chi connectivity index (χ4v) is 2.36. The van der Waals surface area contributed by atoms with Crippen molar-refractivity contribution in [3.63, 3.8) is 0 Å². The van der Waals surface area contributed by atoms with E-state index in [9.17, 15) is 14.9 Å². The van der Waals surface area contributed by atoms with E-state index < -0.39 is 10.8 Å². The number of thiazole rings is 1. The van der Waals surface area contributed by atoms with E-state index in [1.807, 2.05) is 6.92 Å². The molecule has 0 radical (unpaired) electrons. The van der Waals surface area contributed by atoms with Gasteiger partial charge in [-0.1, -0.05) is 0 Å². The van der Waals surface area contributed by atoms with Crippen molar-refractivity contribution < 1.29 is 9.72 Å². The van der Waals surface area contributed by atoms with Crippen LogP contribution >= 0.6 is 11.3 Å². The van der Waals surface area contributed by atoms with E-state index in [0.717, 1.165) is 9.88 Å². The van der Waals surface area contributed by atoms with Gasteiger partial charge in [0.2, 0.25) is 0 Å². The van der Waals surface area contributed by atoms with Crippen molar-refractivity contribution in [2.45, 2.75) is 13.5 Å². The monoisotopic (exact) mass is 292 g/mol. The first-order chi connectivity index (χ1) is 9.47. The van der Waals surface area contributed by atoms with Crippen molar-refractivity contribution in [2.24, 2.45) is 0 Å². The number of carbonyl (C=O) groups is 1. The third-order valence-electron chi connectivity index (χ3n) is 2.53. The van der Waals surface area contributed by atoms with Crippen molar-refractivity contribution in [1.82, 2.24) is 10.3 Å². The molecular weight excluding hydrogens is 280 g/mol. The molecule has 8 heteroatoms. The molecule has 0 aliphatic rings. The Morgan fingerprint density at radius 3 is 2.90 bits per heavy atom. The molecule has 0 aliphatic carbocycles. The Kier molecular flexibility index (Phi) is 3.94. The van der Waals surface area contributed by atoms with Gasteiger partial charge in [0.05, 0.1) is 11.5 Å². The lowest BCUT2D eigenvalue weighted by molar-refractivity contribution is -0.385. The van der Waals surface area contributed by atoms with E-state index in [2.05, 4.69) is 10.3 Å². The van der Waals surface area contributed by atoms with Crippen LogP contribution in [0, 0.1) is 17.0 Å². The average Bonchev–Trinajstić information content (AvgIpc) is 2.81. The zero-order chi connectivity index (χ0) is 14.7. The standard InChI is InChI=1S/C12H12N4O3S/c1-7-5-14-11(20-7)6-15-12(17)9-4-8(13)2-3-10(9)16(18)19/h2-5H,6,13H2,1H3,(H,15,17). The van der Waals surface area contributed by atoms with Gasteiger partial charge in [0.25, 0.3) is 11.6 Å². The van der Waals surface area contributed by atoms with Gasteiger partial charge < -0.3 is 11.1 Å². The summed E-state index contributed by atoms with van der Waals surface area (Å²) in [4.78, 5) is 27.4. The fraction of sp³-hybridized carbons (Fsp3) is 0.167. The fourth-order valence-electron chi connectivity index (χ4n) is 1.63. The number of rotatable bonds is 4. The Balaban J connectivity index is 2.16. The van der Waals surface area contributed by atoms with Crippen molar-refractivity contribution in [3.8, 4) is 0 Å². The van der Waals surface area contributed by atoms with Crippen LogP contribution in [0.5, 0.6) is 0 Å². The molecule has 7 nitrogen and oxygen atoms in total. The van der Waals surface area contributed by atoms with E-state index in [1.165, 1.54) is 29.5 Å². The lowest BCUT2D eigenvalue weighted by atomic mass is 10.1. The van der Waals surface area contributed by atoms with Crippen molar-refractivity contribution in [2.75, 3.05) is 5.73 Å². The van der Waals surface area contributed by atoms with Gasteiger partial charge in [0.1, 0.15) is 10.6 Å². The molecule has 1 aromatic carbocycles. The number of hydrogen-bond acceptors (Lipinski definition) is 6. The maximum atomic E-state index is 12.0. The summed E-state index contributed by atoms with van der Waals surface area (Å²) >= 11 is 1.45. The van der Waals surface area contributed by atoms with E-state index in [-0.39, 0.29) is 17.8 Å². The number of aryl methyl sites for hydroxylation is 1. The van der Waals surface area contributed by atoms with Crippen molar-refractivity contribution >= 4 is 28.6 Å². The normalized spacial score (nSPS) is 10.2. The molecule has 0 saturated heterocycles. The number of nitrogens with one attached hydrogen (secondary N) is 1. The second-order valence-electron chi connectivity index (χ2n) is 4.08. The summed E-state index contributed by atoms with van der Waals surface area (Å²) in [5, 5.41) is 14.2. The third-order valence-corrected chi connectivity index (χ3v) is 3.44. The minimum absolute atomic E-state index is 0.0525. The quantitative estimate of drug-likeness (QED) is 0.507. The minimum atomic E-state index is -0.609. The van der Waals surface area contributed by atoms with Crippen LogP contribution in [-0.4, -0.2) is 15.8 Å². The van der Waals surface area contributed by atoms with Gasteiger partial charge in [-0.15, -0.1) is 11.3 Å². The molecule has 3 N–H and O–H groups in total. The topological polar surface area (TPSA) is 111 Å². The molecule has 1 amide bonds. The molecule has 0 aliphatic heterocycles. The number of nitrogen functional groups attached to an aromatic ring is 1. The minimum Gasteiger partial charge on any atom is -0.399 e. The number of hydrogen-bond donors (Lipinski definition) is 2. The summed E-state index contributed by atoms with van der Waals surface area (Å²) in [6, 6.07) is 3.90. The van der Waals surface area contributed by atoms with Crippen LogP contribution in [0.1, 0.15) is 20.2 Å². The highest BCUT2D eigenvalue weighted by Crippen LogP contribution is 2.21. The molecule has 0 bridgehead atoms. The molecule has 0 saturated carbocycles. The number of nitrogens with two attached hydrogens (primary N) is 1. The number of carbonyl (C=O) groups excluding carboxylic acids is 1. The van der Waals surface area contributed by atoms with E-state index in [4.69, 9.17) is 5.73 Å². The second kappa shape index (κ2) is 5.66. The highest BCUT2D eigenvalue weighted by Gasteiger charge is 2.20. The van der Waals surface area contributed by atoms with Gasteiger partial charge in [0, 0.05) is 22.8 Å². The van der Waals surface area contributed by atoms with Crippen molar-refractivity contribution in [1.29, 1.82) is 0 Å². The number of aromatic nitrogens is 1. The van der Waals surface area contributed by atoms with Crippen LogP contribution < -0.4 is 11.1 Å². The van der Waals surface area contributed by atoms with Crippen molar-refractivity contribution in [3.05, 3.63) is 50.0 Å². The third kappa shape index (κ3) is 3.09. The maximum absolute atomic E-state index is 12.0. The molecule has 2 aromatic rings. The summed E-state index contributed by atoms with van der Waals surface area (Å²) in [6.45, 7) is 2.13. The van der Waals surface area contributed by atoms with Crippen LogP contribution in [0.3, 0.4) is 0 Å². The number of nitrogens with zero attached hydrogens (tertiary/aromatic N) is 2. The predicted molar refractivity (Wildman–Crippen MR) is 75.5 cm³/mol. The van der Waals surface area contributed by atoms with E-state index in [1.54, 1.807) is 6.20 Å². The average molecular weight is 292 g/mol. The first-order valence-corrected chi connectivity index (χ1v) is 6.52. The van der Waals surface area contributed by atoms with Gasteiger partial charge in [0.15, 0.2) is 0 Å². The molecular formula is C12H12N4O3S. The van der Waals surface area contributed by atoms with Crippen LogP contribution in [0.15, 0.2) is 24.4 Å². The van der Waals surface area contributed by atoms with Crippen LogP contribution in [0.2, 0.25) is 0 Å². The summed E-state index contributed by atoms with van der Waals surface area (Å²) < 4.78 is 0. The number of amides is 1. The first-order valence-electron chi connectivity index (χ1n) is 5.71. The Labute approximate surface area is 118 Å². The van der Waals surface area contributed by atoms with Gasteiger partial charge in [-0.2, -0.15) is 0 Å². The largest absolute Gasteiger partial charge is 0.399 e. The molecule has 1 heterocycles. The Bertz CT molecular complexity index is 668. The second-order valence-corrected chi connectivity index (χ2v) is 5.40. The zero-order valence-corrected chi connectivity index (χ0v) is 11.4. The number of nitro groups is 1. The summed E-state index contributed by atoms with van der Waals surface area (Å²) in [6.07, 6.45) is 1.70. The maximum Gasteiger partial charge on any atom is 0.282 e. The lowest BCUT2D eigenvalue weighted by Gasteiger charge is -2.05. The number of benzene rings is 1. The molecule has 0 atom stereocenters.